The van der Waals surface area contributed by atoms with Crippen molar-refractivity contribution < 1.29 is 13.9 Å². The van der Waals surface area contributed by atoms with Gasteiger partial charge in [0.25, 0.3) is 11.8 Å². The van der Waals surface area contributed by atoms with E-state index in [0.717, 1.165) is 17.7 Å². The molecule has 1 fully saturated rings. The van der Waals surface area contributed by atoms with E-state index in [1.54, 1.807) is 49.4 Å². The van der Waals surface area contributed by atoms with Gasteiger partial charge in [0.2, 0.25) is 5.89 Å². The van der Waals surface area contributed by atoms with Crippen LogP contribution in [0.4, 0.5) is 0 Å². The predicted molar refractivity (Wildman–Crippen MR) is 112 cm³/mol. The summed E-state index contributed by atoms with van der Waals surface area (Å²) in [5.74, 6) is 1.70. The van der Waals surface area contributed by atoms with Crippen LogP contribution in [0.3, 0.4) is 0 Å². The molecule has 4 rings (SSSR count). The van der Waals surface area contributed by atoms with Crippen molar-refractivity contribution in [1.82, 2.24) is 15.1 Å². The molecule has 8 heteroatoms. The van der Waals surface area contributed by atoms with E-state index in [9.17, 15) is 4.79 Å². The van der Waals surface area contributed by atoms with Gasteiger partial charge in [-0.3, -0.25) is 4.79 Å². The summed E-state index contributed by atoms with van der Waals surface area (Å²) < 4.78 is 11.9. The molecule has 3 aromatic rings. The Morgan fingerprint density at radius 3 is 2.79 bits per heavy atom. The number of thiophene rings is 1. The van der Waals surface area contributed by atoms with Crippen LogP contribution in [0.2, 0.25) is 5.02 Å². The number of nitrogens with zero attached hydrogens (tertiary/aromatic N) is 3. The standard InChI is InChI=1S/C21H22ClN3O3S/c1-21(2,28-16-9-7-15(22)8-10-16)20(26)25-11-3-5-14(13-25)18-23-24-19(27-18)17-6-4-12-29-17/h4,6-10,12,14H,3,5,11,13H2,1-2H3. The van der Waals surface area contributed by atoms with Crippen molar-refractivity contribution in [2.75, 3.05) is 13.1 Å². The lowest BCUT2D eigenvalue weighted by Crippen LogP contribution is -2.51. The molecule has 2 aromatic heterocycles. The van der Waals surface area contributed by atoms with E-state index in [0.29, 0.717) is 35.6 Å². The highest BCUT2D eigenvalue weighted by Crippen LogP contribution is 2.31. The molecule has 6 nitrogen and oxygen atoms in total. The quantitative estimate of drug-likeness (QED) is 0.567. The zero-order chi connectivity index (χ0) is 20.4. The number of hydrogen-bond acceptors (Lipinski definition) is 6. The second kappa shape index (κ2) is 8.16. The first-order valence-corrected chi connectivity index (χ1v) is 10.8. The van der Waals surface area contributed by atoms with Gasteiger partial charge in [-0.2, -0.15) is 0 Å². The maximum atomic E-state index is 13.2. The average Bonchev–Trinajstić information content (AvgIpc) is 3.41. The molecule has 29 heavy (non-hydrogen) atoms. The summed E-state index contributed by atoms with van der Waals surface area (Å²) in [7, 11) is 0. The van der Waals surface area contributed by atoms with Gasteiger partial charge in [0, 0.05) is 18.1 Å². The van der Waals surface area contributed by atoms with E-state index >= 15 is 0 Å². The van der Waals surface area contributed by atoms with Crippen LogP contribution >= 0.6 is 22.9 Å². The molecule has 1 aliphatic heterocycles. The average molecular weight is 432 g/mol. The topological polar surface area (TPSA) is 68.5 Å². The van der Waals surface area contributed by atoms with Crippen LogP contribution in [0.25, 0.3) is 10.8 Å². The van der Waals surface area contributed by atoms with Crippen LogP contribution < -0.4 is 4.74 Å². The number of amides is 1. The molecular weight excluding hydrogens is 410 g/mol. The van der Waals surface area contributed by atoms with Crippen molar-refractivity contribution in [3.05, 3.63) is 52.7 Å². The Bertz CT molecular complexity index is 969. The Morgan fingerprint density at radius 1 is 1.28 bits per heavy atom. The number of hydrogen-bond donors (Lipinski definition) is 0. The highest BCUT2D eigenvalue weighted by molar-refractivity contribution is 7.13. The molecule has 1 aromatic carbocycles. The lowest BCUT2D eigenvalue weighted by molar-refractivity contribution is -0.146. The van der Waals surface area contributed by atoms with E-state index in [-0.39, 0.29) is 11.8 Å². The monoisotopic (exact) mass is 431 g/mol. The van der Waals surface area contributed by atoms with Crippen LogP contribution in [0.15, 0.2) is 46.2 Å². The minimum atomic E-state index is -0.993. The summed E-state index contributed by atoms with van der Waals surface area (Å²) in [5.41, 5.74) is -0.993. The molecule has 1 amide bonds. The van der Waals surface area contributed by atoms with Gasteiger partial charge in [0.1, 0.15) is 5.75 Å². The molecule has 0 radical (unpaired) electrons. The fourth-order valence-electron chi connectivity index (χ4n) is 3.48. The van der Waals surface area contributed by atoms with Crippen molar-refractivity contribution in [1.29, 1.82) is 0 Å². The Balaban J connectivity index is 1.44. The molecule has 0 N–H and O–H groups in total. The van der Waals surface area contributed by atoms with Gasteiger partial charge in [-0.15, -0.1) is 21.5 Å². The smallest absolute Gasteiger partial charge is 0.266 e. The van der Waals surface area contributed by atoms with Gasteiger partial charge in [-0.05, 0) is 62.4 Å². The Kier molecular flexibility index (Phi) is 5.61. The number of carbonyl (C=O) groups excluding carboxylic acids is 1. The lowest BCUT2D eigenvalue weighted by Gasteiger charge is -2.36. The molecule has 0 saturated carbocycles. The first kappa shape index (κ1) is 19.9. The predicted octanol–water partition coefficient (Wildman–Crippen LogP) is 5.02. The van der Waals surface area contributed by atoms with Gasteiger partial charge >= 0.3 is 0 Å². The van der Waals surface area contributed by atoms with E-state index in [1.165, 1.54) is 0 Å². The van der Waals surface area contributed by atoms with Gasteiger partial charge in [-0.25, -0.2) is 0 Å². The normalized spacial score (nSPS) is 17.3. The van der Waals surface area contributed by atoms with E-state index < -0.39 is 5.60 Å². The third-order valence-corrected chi connectivity index (χ3v) is 6.04. The maximum Gasteiger partial charge on any atom is 0.266 e. The second-order valence-corrected chi connectivity index (χ2v) is 8.96. The zero-order valence-corrected chi connectivity index (χ0v) is 17.9. The fraction of sp³-hybridized carbons (Fsp3) is 0.381. The number of likely N-dealkylation sites (tertiary alicyclic amines) is 1. The summed E-state index contributed by atoms with van der Waals surface area (Å²) in [4.78, 5) is 16.0. The molecule has 0 aliphatic carbocycles. The van der Waals surface area contributed by atoms with Gasteiger partial charge < -0.3 is 14.1 Å². The third kappa shape index (κ3) is 4.46. The minimum absolute atomic E-state index is 0.0280. The summed E-state index contributed by atoms with van der Waals surface area (Å²) in [6, 6.07) is 10.9. The zero-order valence-electron chi connectivity index (χ0n) is 16.3. The summed E-state index contributed by atoms with van der Waals surface area (Å²) >= 11 is 7.49. The summed E-state index contributed by atoms with van der Waals surface area (Å²) in [5, 5.41) is 11.0. The number of carbonyl (C=O) groups is 1. The molecule has 3 heterocycles. The minimum Gasteiger partial charge on any atom is -0.478 e. The van der Waals surface area contributed by atoms with Crippen molar-refractivity contribution >= 4 is 28.8 Å². The lowest BCUT2D eigenvalue weighted by atomic mass is 9.96. The number of ether oxygens (including phenoxy) is 1. The van der Waals surface area contributed by atoms with Gasteiger partial charge in [0.15, 0.2) is 5.60 Å². The number of rotatable bonds is 5. The summed E-state index contributed by atoms with van der Waals surface area (Å²) in [6.45, 7) is 4.80. The van der Waals surface area contributed by atoms with Crippen molar-refractivity contribution in [2.24, 2.45) is 0 Å². The highest BCUT2D eigenvalue weighted by atomic mass is 35.5. The molecule has 1 atom stereocenters. The second-order valence-electron chi connectivity index (χ2n) is 7.58. The van der Waals surface area contributed by atoms with E-state index in [1.807, 2.05) is 22.4 Å². The molecule has 0 spiro atoms. The molecular formula is C21H22ClN3O3S. The van der Waals surface area contributed by atoms with Crippen molar-refractivity contribution in [2.45, 2.75) is 38.2 Å². The molecule has 1 aliphatic rings. The fourth-order valence-corrected chi connectivity index (χ4v) is 4.25. The van der Waals surface area contributed by atoms with Crippen LogP contribution in [0, 0.1) is 0 Å². The first-order chi connectivity index (χ1) is 13.9. The van der Waals surface area contributed by atoms with Gasteiger partial charge in [0.05, 0.1) is 10.8 Å². The van der Waals surface area contributed by atoms with Gasteiger partial charge in [-0.1, -0.05) is 17.7 Å². The Hall–Kier alpha value is -2.38. The van der Waals surface area contributed by atoms with E-state index in [2.05, 4.69) is 10.2 Å². The number of halogens is 1. The SMILES string of the molecule is CC(C)(Oc1ccc(Cl)cc1)C(=O)N1CCCC(c2nnc(-c3cccs3)o2)C1. The largest absolute Gasteiger partial charge is 0.478 e. The number of aromatic nitrogens is 2. The van der Waals surface area contributed by atoms with Crippen LogP contribution in [0.5, 0.6) is 5.75 Å². The van der Waals surface area contributed by atoms with Crippen LogP contribution in [-0.4, -0.2) is 39.7 Å². The maximum absolute atomic E-state index is 13.2. The molecule has 152 valence electrons. The van der Waals surface area contributed by atoms with Crippen LogP contribution in [-0.2, 0) is 4.79 Å². The molecule has 1 saturated heterocycles. The number of piperidine rings is 1. The van der Waals surface area contributed by atoms with E-state index in [4.69, 9.17) is 20.8 Å². The van der Waals surface area contributed by atoms with Crippen molar-refractivity contribution in [3.63, 3.8) is 0 Å². The molecule has 0 bridgehead atoms. The Morgan fingerprint density at radius 2 is 2.07 bits per heavy atom. The van der Waals surface area contributed by atoms with Crippen molar-refractivity contribution in [3.8, 4) is 16.5 Å². The highest BCUT2D eigenvalue weighted by Gasteiger charge is 2.37. The first-order valence-electron chi connectivity index (χ1n) is 9.53. The molecule has 1 unspecified atom stereocenters. The summed E-state index contributed by atoms with van der Waals surface area (Å²) in [6.07, 6.45) is 1.79. The van der Waals surface area contributed by atoms with Crippen LogP contribution in [0.1, 0.15) is 38.5 Å². The number of benzene rings is 1. The third-order valence-electron chi connectivity index (χ3n) is 4.93. The Labute approximate surface area is 178 Å².